The van der Waals surface area contributed by atoms with Crippen molar-refractivity contribution in [2.24, 2.45) is 5.92 Å². The van der Waals surface area contributed by atoms with Crippen molar-refractivity contribution in [3.8, 4) is 11.1 Å². The number of nitrogens with one attached hydrogen (secondary N) is 1. The number of hydrogen-bond acceptors (Lipinski definition) is 3. The normalized spacial score (nSPS) is 28.8. The first kappa shape index (κ1) is 15.6. The van der Waals surface area contributed by atoms with Gasteiger partial charge in [0.1, 0.15) is 11.6 Å². The average Bonchev–Trinajstić information content (AvgIpc) is 2.61. The van der Waals surface area contributed by atoms with Crippen molar-refractivity contribution in [1.29, 1.82) is 0 Å². The van der Waals surface area contributed by atoms with Crippen molar-refractivity contribution in [3.63, 3.8) is 0 Å². The molecule has 2 aromatic rings. The SMILES string of the molecule is Cc1ccc(-c2ccc(N[C@H]3C4CCN(CC4)[C@@H]3C)nc2)cc1F. The van der Waals surface area contributed by atoms with Gasteiger partial charge < -0.3 is 5.32 Å². The van der Waals surface area contributed by atoms with Crippen LogP contribution >= 0.6 is 0 Å². The molecule has 1 aromatic heterocycles. The second kappa shape index (κ2) is 6.17. The molecule has 3 aliphatic heterocycles. The minimum atomic E-state index is -0.171. The summed E-state index contributed by atoms with van der Waals surface area (Å²) in [6, 6.07) is 10.4. The largest absolute Gasteiger partial charge is 0.365 e. The Morgan fingerprint density at radius 2 is 1.88 bits per heavy atom. The van der Waals surface area contributed by atoms with Crippen molar-refractivity contribution >= 4 is 5.82 Å². The first-order chi connectivity index (χ1) is 11.6. The molecule has 0 radical (unpaired) electrons. The highest BCUT2D eigenvalue weighted by Gasteiger charge is 2.39. The first-order valence-electron chi connectivity index (χ1n) is 8.85. The maximum atomic E-state index is 13.7. The number of fused-ring (bicyclic) bond motifs is 3. The molecule has 2 bridgehead atoms. The van der Waals surface area contributed by atoms with Gasteiger partial charge in [-0.15, -0.1) is 0 Å². The molecule has 4 heterocycles. The van der Waals surface area contributed by atoms with Crippen LogP contribution in [0.15, 0.2) is 36.5 Å². The Kier molecular flexibility index (Phi) is 4.01. The molecule has 4 heteroatoms. The maximum absolute atomic E-state index is 13.7. The van der Waals surface area contributed by atoms with Gasteiger partial charge >= 0.3 is 0 Å². The van der Waals surface area contributed by atoms with Crippen molar-refractivity contribution in [2.75, 3.05) is 18.4 Å². The van der Waals surface area contributed by atoms with Gasteiger partial charge in [-0.25, -0.2) is 9.37 Å². The molecule has 0 spiro atoms. The minimum Gasteiger partial charge on any atom is -0.365 e. The lowest BCUT2D eigenvalue weighted by Crippen LogP contribution is -2.59. The number of hydrogen-bond donors (Lipinski definition) is 1. The zero-order chi connectivity index (χ0) is 16.7. The topological polar surface area (TPSA) is 28.2 Å². The van der Waals surface area contributed by atoms with Gasteiger partial charge in [-0.2, -0.15) is 0 Å². The van der Waals surface area contributed by atoms with E-state index in [2.05, 4.69) is 22.1 Å². The Balaban J connectivity index is 1.50. The van der Waals surface area contributed by atoms with Gasteiger partial charge in [-0.1, -0.05) is 12.1 Å². The fourth-order valence-electron chi connectivity index (χ4n) is 4.14. The van der Waals surface area contributed by atoms with Crippen LogP contribution in [-0.2, 0) is 0 Å². The fourth-order valence-corrected chi connectivity index (χ4v) is 4.14. The van der Waals surface area contributed by atoms with Crippen LogP contribution in [0.1, 0.15) is 25.3 Å². The number of benzene rings is 1. The third-order valence-corrected chi connectivity index (χ3v) is 5.76. The summed E-state index contributed by atoms with van der Waals surface area (Å²) in [7, 11) is 0. The van der Waals surface area contributed by atoms with Crippen LogP contribution in [0.25, 0.3) is 11.1 Å². The van der Waals surface area contributed by atoms with E-state index < -0.39 is 0 Å². The maximum Gasteiger partial charge on any atom is 0.126 e. The summed E-state index contributed by atoms with van der Waals surface area (Å²) >= 11 is 0. The Bertz CT molecular complexity index is 718. The van der Waals surface area contributed by atoms with Crippen molar-refractivity contribution < 1.29 is 4.39 Å². The predicted molar refractivity (Wildman–Crippen MR) is 95.5 cm³/mol. The van der Waals surface area contributed by atoms with Gasteiger partial charge in [0, 0.05) is 23.8 Å². The third-order valence-electron chi connectivity index (χ3n) is 5.76. The zero-order valence-electron chi connectivity index (χ0n) is 14.3. The summed E-state index contributed by atoms with van der Waals surface area (Å²) in [4.78, 5) is 7.14. The number of aryl methyl sites for hydroxylation is 1. The molecule has 3 saturated heterocycles. The van der Waals surface area contributed by atoms with Gasteiger partial charge in [-0.3, -0.25) is 4.90 Å². The molecule has 1 aromatic carbocycles. The highest BCUT2D eigenvalue weighted by Crippen LogP contribution is 2.34. The van der Waals surface area contributed by atoms with Crippen LogP contribution in [-0.4, -0.2) is 35.1 Å². The molecule has 0 unspecified atom stereocenters. The number of anilines is 1. The van der Waals surface area contributed by atoms with Crippen LogP contribution in [0, 0.1) is 18.7 Å². The van der Waals surface area contributed by atoms with E-state index in [-0.39, 0.29) is 5.82 Å². The van der Waals surface area contributed by atoms with Gasteiger partial charge in [0.2, 0.25) is 0 Å². The Morgan fingerprint density at radius 1 is 1.12 bits per heavy atom. The lowest BCUT2D eigenvalue weighted by molar-refractivity contribution is 0.0457. The van der Waals surface area contributed by atoms with Gasteiger partial charge in [0.15, 0.2) is 0 Å². The molecule has 3 fully saturated rings. The molecular weight excluding hydrogens is 301 g/mol. The van der Waals surface area contributed by atoms with E-state index >= 15 is 0 Å². The number of nitrogens with zero attached hydrogens (tertiary/aromatic N) is 2. The molecular formula is C20H24FN3. The van der Waals surface area contributed by atoms with Gasteiger partial charge in [0.25, 0.3) is 0 Å². The average molecular weight is 325 g/mol. The quantitative estimate of drug-likeness (QED) is 0.921. The summed E-state index contributed by atoms with van der Waals surface area (Å²) in [5, 5.41) is 3.63. The zero-order valence-corrected chi connectivity index (χ0v) is 14.3. The minimum absolute atomic E-state index is 0.171. The van der Waals surface area contributed by atoms with Crippen LogP contribution in [0.3, 0.4) is 0 Å². The number of halogens is 1. The van der Waals surface area contributed by atoms with E-state index in [0.717, 1.165) is 22.9 Å². The number of rotatable bonds is 3. The Hall–Kier alpha value is -1.94. The molecule has 0 amide bonds. The van der Waals surface area contributed by atoms with Crippen LogP contribution in [0.4, 0.5) is 10.2 Å². The summed E-state index contributed by atoms with van der Waals surface area (Å²) in [6.45, 7) is 6.55. The van der Waals surface area contributed by atoms with E-state index in [4.69, 9.17) is 0 Å². The van der Waals surface area contributed by atoms with E-state index in [1.165, 1.54) is 25.9 Å². The molecule has 5 rings (SSSR count). The van der Waals surface area contributed by atoms with Crippen LogP contribution in [0.5, 0.6) is 0 Å². The molecule has 2 atom stereocenters. The molecule has 1 N–H and O–H groups in total. The molecule has 3 aliphatic rings. The first-order valence-corrected chi connectivity index (χ1v) is 8.85. The summed E-state index contributed by atoms with van der Waals surface area (Å²) in [5.41, 5.74) is 2.48. The molecule has 0 aliphatic carbocycles. The third kappa shape index (κ3) is 2.80. The highest BCUT2D eigenvalue weighted by atomic mass is 19.1. The smallest absolute Gasteiger partial charge is 0.126 e. The Labute approximate surface area is 142 Å². The van der Waals surface area contributed by atoms with Crippen molar-refractivity contribution in [1.82, 2.24) is 9.88 Å². The molecule has 3 nitrogen and oxygen atoms in total. The standard InChI is InChI=1S/C20H24FN3/c1-13-3-4-16(11-18(13)21)17-5-6-19(22-12-17)23-20-14(2)24-9-7-15(20)8-10-24/h3-6,11-12,14-15,20H,7-10H2,1-2H3,(H,22,23)/t14-,20-/m1/s1. The summed E-state index contributed by atoms with van der Waals surface area (Å²) in [5.74, 6) is 1.49. The second-order valence-corrected chi connectivity index (χ2v) is 7.18. The van der Waals surface area contributed by atoms with Gasteiger partial charge in [-0.05, 0) is 75.0 Å². The van der Waals surface area contributed by atoms with Crippen LogP contribution in [0.2, 0.25) is 0 Å². The van der Waals surface area contributed by atoms with Gasteiger partial charge in [0.05, 0.1) is 0 Å². The van der Waals surface area contributed by atoms with E-state index in [9.17, 15) is 4.39 Å². The monoisotopic (exact) mass is 325 g/mol. The fraction of sp³-hybridized carbons (Fsp3) is 0.450. The van der Waals surface area contributed by atoms with E-state index in [1.807, 2.05) is 30.5 Å². The lowest BCUT2D eigenvalue weighted by atomic mass is 9.79. The lowest BCUT2D eigenvalue weighted by Gasteiger charge is -2.50. The molecule has 0 saturated carbocycles. The number of pyridine rings is 1. The van der Waals surface area contributed by atoms with E-state index in [1.54, 1.807) is 13.0 Å². The molecule has 126 valence electrons. The predicted octanol–water partition coefficient (Wildman–Crippen LogP) is 4.09. The van der Waals surface area contributed by atoms with E-state index in [0.29, 0.717) is 17.6 Å². The second-order valence-electron chi connectivity index (χ2n) is 7.18. The Morgan fingerprint density at radius 3 is 2.50 bits per heavy atom. The number of aromatic nitrogens is 1. The summed E-state index contributed by atoms with van der Waals surface area (Å²) < 4.78 is 13.7. The van der Waals surface area contributed by atoms with Crippen molar-refractivity contribution in [3.05, 3.63) is 47.9 Å². The number of piperidine rings is 3. The molecule has 24 heavy (non-hydrogen) atoms. The summed E-state index contributed by atoms with van der Waals surface area (Å²) in [6.07, 6.45) is 4.39. The van der Waals surface area contributed by atoms with Crippen molar-refractivity contribution in [2.45, 2.75) is 38.8 Å². The highest BCUT2D eigenvalue weighted by molar-refractivity contribution is 5.64. The van der Waals surface area contributed by atoms with Crippen LogP contribution < -0.4 is 5.32 Å².